The zero-order chi connectivity index (χ0) is 12.7. The van der Waals surface area contributed by atoms with Crippen molar-refractivity contribution >= 4 is 0 Å². The Bertz CT molecular complexity index is 306. The largest absolute Gasteiger partial charge is 0.314 e. The summed E-state index contributed by atoms with van der Waals surface area (Å²) in [6, 6.07) is 2.76. The van der Waals surface area contributed by atoms with Crippen LogP contribution in [0, 0.1) is 5.92 Å². The van der Waals surface area contributed by atoms with Gasteiger partial charge in [-0.05, 0) is 24.8 Å². The van der Waals surface area contributed by atoms with Crippen LogP contribution in [0.1, 0.15) is 45.7 Å². The van der Waals surface area contributed by atoms with Gasteiger partial charge >= 0.3 is 0 Å². The molecular weight excluding hydrogens is 210 g/mol. The summed E-state index contributed by atoms with van der Waals surface area (Å²) in [7, 11) is 2.01. The van der Waals surface area contributed by atoms with Gasteiger partial charge in [-0.1, -0.05) is 27.2 Å². The summed E-state index contributed by atoms with van der Waals surface area (Å²) in [4.78, 5) is 0. The van der Waals surface area contributed by atoms with Crippen molar-refractivity contribution in [1.82, 2.24) is 15.1 Å². The SMILES string of the molecule is CCC(C)CC(CC)NCCc1ccnn1C. The quantitative estimate of drug-likeness (QED) is 0.753. The van der Waals surface area contributed by atoms with Crippen LogP contribution in [0.3, 0.4) is 0 Å². The highest BCUT2D eigenvalue weighted by atomic mass is 15.3. The van der Waals surface area contributed by atoms with Crippen LogP contribution in [-0.4, -0.2) is 22.4 Å². The van der Waals surface area contributed by atoms with Gasteiger partial charge in [-0.25, -0.2) is 0 Å². The summed E-state index contributed by atoms with van der Waals surface area (Å²) in [6.45, 7) is 7.93. The fraction of sp³-hybridized carbons (Fsp3) is 0.786. The number of nitrogens with one attached hydrogen (secondary N) is 1. The average molecular weight is 237 g/mol. The molecule has 2 unspecified atom stereocenters. The van der Waals surface area contributed by atoms with Gasteiger partial charge in [0.2, 0.25) is 0 Å². The van der Waals surface area contributed by atoms with Gasteiger partial charge in [0.1, 0.15) is 0 Å². The van der Waals surface area contributed by atoms with Gasteiger partial charge in [0.05, 0.1) is 0 Å². The predicted octanol–water partition coefficient (Wildman–Crippen LogP) is 2.77. The smallest absolute Gasteiger partial charge is 0.0492 e. The lowest BCUT2D eigenvalue weighted by Gasteiger charge is -2.20. The zero-order valence-corrected chi connectivity index (χ0v) is 11.7. The number of aromatic nitrogens is 2. The topological polar surface area (TPSA) is 29.9 Å². The molecule has 1 rings (SSSR count). The maximum atomic E-state index is 4.19. The number of hydrogen-bond acceptors (Lipinski definition) is 2. The molecule has 0 saturated heterocycles. The van der Waals surface area contributed by atoms with Crippen molar-refractivity contribution in [2.75, 3.05) is 6.54 Å². The van der Waals surface area contributed by atoms with E-state index in [1.54, 1.807) is 0 Å². The Kier molecular flexibility index (Phi) is 6.27. The molecule has 0 aromatic carbocycles. The van der Waals surface area contributed by atoms with E-state index in [2.05, 4.69) is 37.3 Å². The molecule has 0 spiro atoms. The van der Waals surface area contributed by atoms with E-state index in [1.165, 1.54) is 25.0 Å². The summed E-state index contributed by atoms with van der Waals surface area (Å²) < 4.78 is 1.96. The van der Waals surface area contributed by atoms with E-state index < -0.39 is 0 Å². The molecule has 17 heavy (non-hydrogen) atoms. The van der Waals surface area contributed by atoms with Crippen LogP contribution in [0.2, 0.25) is 0 Å². The molecule has 2 atom stereocenters. The summed E-state index contributed by atoms with van der Waals surface area (Å²) in [6.07, 6.45) is 6.72. The Morgan fingerprint density at radius 2 is 2.12 bits per heavy atom. The fourth-order valence-electron chi connectivity index (χ4n) is 2.10. The molecule has 1 N–H and O–H groups in total. The molecule has 3 nitrogen and oxygen atoms in total. The summed E-state index contributed by atoms with van der Waals surface area (Å²) in [5.74, 6) is 0.823. The lowest BCUT2D eigenvalue weighted by molar-refractivity contribution is 0.386. The van der Waals surface area contributed by atoms with Crippen LogP contribution in [0.5, 0.6) is 0 Å². The van der Waals surface area contributed by atoms with Crippen molar-refractivity contribution in [3.8, 4) is 0 Å². The molecule has 0 aliphatic rings. The van der Waals surface area contributed by atoms with Crippen LogP contribution >= 0.6 is 0 Å². The Morgan fingerprint density at radius 3 is 2.65 bits per heavy atom. The first-order valence-electron chi connectivity index (χ1n) is 6.87. The molecule has 0 radical (unpaired) electrons. The van der Waals surface area contributed by atoms with E-state index in [0.717, 1.165) is 18.9 Å². The summed E-state index contributed by atoms with van der Waals surface area (Å²) in [5.41, 5.74) is 1.30. The second-order valence-corrected chi connectivity index (χ2v) is 5.00. The lowest BCUT2D eigenvalue weighted by Crippen LogP contribution is -2.32. The van der Waals surface area contributed by atoms with Crippen molar-refractivity contribution in [1.29, 1.82) is 0 Å². The lowest BCUT2D eigenvalue weighted by atomic mass is 9.98. The Morgan fingerprint density at radius 1 is 1.35 bits per heavy atom. The van der Waals surface area contributed by atoms with Gasteiger partial charge in [0.25, 0.3) is 0 Å². The van der Waals surface area contributed by atoms with Crippen LogP contribution in [0.15, 0.2) is 12.3 Å². The van der Waals surface area contributed by atoms with E-state index in [9.17, 15) is 0 Å². The molecule has 0 bridgehead atoms. The molecule has 0 fully saturated rings. The predicted molar refractivity (Wildman–Crippen MR) is 73.1 cm³/mol. The number of nitrogens with zero attached hydrogens (tertiary/aromatic N) is 2. The van der Waals surface area contributed by atoms with Crippen molar-refractivity contribution in [3.63, 3.8) is 0 Å². The maximum absolute atomic E-state index is 4.19. The van der Waals surface area contributed by atoms with Crippen LogP contribution in [0.25, 0.3) is 0 Å². The van der Waals surface area contributed by atoms with E-state index in [1.807, 2.05) is 17.9 Å². The number of rotatable bonds is 8. The van der Waals surface area contributed by atoms with Crippen molar-refractivity contribution in [3.05, 3.63) is 18.0 Å². The minimum Gasteiger partial charge on any atom is -0.314 e. The Hall–Kier alpha value is -0.830. The second kappa shape index (κ2) is 7.49. The van der Waals surface area contributed by atoms with Gasteiger partial charge < -0.3 is 5.32 Å². The minimum atomic E-state index is 0.665. The first kappa shape index (κ1) is 14.2. The van der Waals surface area contributed by atoms with Crippen molar-refractivity contribution < 1.29 is 0 Å². The highest BCUT2D eigenvalue weighted by Crippen LogP contribution is 2.11. The number of hydrogen-bond donors (Lipinski definition) is 1. The van der Waals surface area contributed by atoms with Gasteiger partial charge in [0, 0.05) is 37.9 Å². The van der Waals surface area contributed by atoms with Crippen LogP contribution < -0.4 is 5.32 Å². The summed E-state index contributed by atoms with van der Waals surface area (Å²) >= 11 is 0. The molecule has 0 amide bonds. The molecule has 98 valence electrons. The van der Waals surface area contributed by atoms with Crippen LogP contribution in [0.4, 0.5) is 0 Å². The second-order valence-electron chi connectivity index (χ2n) is 5.00. The highest BCUT2D eigenvalue weighted by Gasteiger charge is 2.09. The standard InChI is InChI=1S/C14H27N3/c1-5-12(3)11-13(6-2)15-9-7-14-8-10-16-17(14)4/h8,10,12-13,15H,5-7,9,11H2,1-4H3. The van der Waals surface area contributed by atoms with Gasteiger partial charge in [-0.15, -0.1) is 0 Å². The highest BCUT2D eigenvalue weighted by molar-refractivity contribution is 5.00. The van der Waals surface area contributed by atoms with E-state index in [-0.39, 0.29) is 0 Å². The van der Waals surface area contributed by atoms with Crippen molar-refractivity contribution in [2.45, 2.75) is 52.5 Å². The van der Waals surface area contributed by atoms with E-state index >= 15 is 0 Å². The molecule has 3 heteroatoms. The monoisotopic (exact) mass is 237 g/mol. The fourth-order valence-corrected chi connectivity index (χ4v) is 2.10. The molecule has 0 aliphatic heterocycles. The Labute approximate surface area is 106 Å². The zero-order valence-electron chi connectivity index (χ0n) is 11.7. The molecule has 0 saturated carbocycles. The van der Waals surface area contributed by atoms with E-state index in [4.69, 9.17) is 0 Å². The third-order valence-corrected chi connectivity index (χ3v) is 3.61. The van der Waals surface area contributed by atoms with Crippen LogP contribution in [-0.2, 0) is 13.5 Å². The number of aryl methyl sites for hydroxylation is 1. The van der Waals surface area contributed by atoms with E-state index in [0.29, 0.717) is 6.04 Å². The molecular formula is C14H27N3. The third kappa shape index (κ3) is 4.90. The first-order chi connectivity index (χ1) is 8.17. The maximum Gasteiger partial charge on any atom is 0.0492 e. The van der Waals surface area contributed by atoms with Gasteiger partial charge in [-0.3, -0.25) is 4.68 Å². The third-order valence-electron chi connectivity index (χ3n) is 3.61. The van der Waals surface area contributed by atoms with Gasteiger partial charge in [0.15, 0.2) is 0 Å². The Balaban J connectivity index is 2.26. The normalized spacial score (nSPS) is 14.8. The summed E-state index contributed by atoms with van der Waals surface area (Å²) in [5, 5.41) is 7.84. The van der Waals surface area contributed by atoms with Gasteiger partial charge in [-0.2, -0.15) is 5.10 Å². The first-order valence-corrected chi connectivity index (χ1v) is 6.87. The molecule has 1 aromatic heterocycles. The minimum absolute atomic E-state index is 0.665. The average Bonchev–Trinajstić information content (AvgIpc) is 2.73. The molecule has 0 aliphatic carbocycles. The molecule has 1 aromatic rings. The van der Waals surface area contributed by atoms with Crippen molar-refractivity contribution in [2.24, 2.45) is 13.0 Å². The molecule has 1 heterocycles.